The van der Waals surface area contributed by atoms with Crippen molar-refractivity contribution in [3.63, 3.8) is 0 Å². The highest BCUT2D eigenvalue weighted by atomic mass is 16.5. The largest absolute Gasteiger partial charge is 0.465 e. The van der Waals surface area contributed by atoms with E-state index < -0.39 is 0 Å². The van der Waals surface area contributed by atoms with Gasteiger partial charge in [-0.25, -0.2) is 4.79 Å². The Morgan fingerprint density at radius 3 is 2.67 bits per heavy atom. The number of piperidine rings is 1. The minimum atomic E-state index is -0.366. The van der Waals surface area contributed by atoms with Crippen molar-refractivity contribution in [3.8, 4) is 11.4 Å². The molecule has 3 aromatic rings. The van der Waals surface area contributed by atoms with E-state index in [-0.39, 0.29) is 5.97 Å². The molecule has 0 radical (unpaired) electrons. The predicted octanol–water partition coefficient (Wildman–Crippen LogP) is 4.67. The molecule has 0 N–H and O–H groups in total. The lowest BCUT2D eigenvalue weighted by atomic mass is 10.1. The number of likely N-dealkylation sites (tertiary alicyclic amines) is 1. The number of rotatable bonds is 7. The summed E-state index contributed by atoms with van der Waals surface area (Å²) >= 11 is 0. The van der Waals surface area contributed by atoms with E-state index in [0.717, 1.165) is 25.2 Å². The average Bonchev–Trinajstić information content (AvgIpc) is 3.13. The van der Waals surface area contributed by atoms with Crippen LogP contribution in [0.4, 0.5) is 0 Å². The predicted molar refractivity (Wildman–Crippen MR) is 118 cm³/mol. The third-order valence-corrected chi connectivity index (χ3v) is 5.89. The number of hydrogen-bond donors (Lipinski definition) is 0. The number of carbonyl (C=O) groups is 1. The van der Waals surface area contributed by atoms with Gasteiger partial charge in [0.2, 0.25) is 0 Å². The van der Waals surface area contributed by atoms with Gasteiger partial charge in [0.05, 0.1) is 35.8 Å². The van der Waals surface area contributed by atoms with Crippen molar-refractivity contribution >= 4 is 16.9 Å². The van der Waals surface area contributed by atoms with Gasteiger partial charge in [0.1, 0.15) is 0 Å². The molecule has 3 aromatic heterocycles. The maximum absolute atomic E-state index is 11.9. The minimum Gasteiger partial charge on any atom is -0.465 e. The second kappa shape index (κ2) is 9.39. The summed E-state index contributed by atoms with van der Waals surface area (Å²) in [6.45, 7) is 6.60. The van der Waals surface area contributed by atoms with Crippen molar-refractivity contribution in [3.05, 3.63) is 47.9 Å². The molecular formula is C24H30N4O2. The maximum atomic E-state index is 11.9. The van der Waals surface area contributed by atoms with Crippen LogP contribution in [0.1, 0.15) is 55.1 Å². The number of fused-ring (bicyclic) bond motifs is 1. The molecule has 6 heteroatoms. The minimum absolute atomic E-state index is 0.366. The van der Waals surface area contributed by atoms with E-state index in [1.807, 2.05) is 6.20 Å². The molecule has 0 unspecified atom stereocenters. The molecule has 158 valence electrons. The van der Waals surface area contributed by atoms with Crippen molar-refractivity contribution in [1.29, 1.82) is 0 Å². The molecule has 6 nitrogen and oxygen atoms in total. The fourth-order valence-corrected chi connectivity index (χ4v) is 4.23. The molecule has 0 amide bonds. The number of ether oxygens (including phenoxy) is 1. The van der Waals surface area contributed by atoms with Crippen molar-refractivity contribution in [2.75, 3.05) is 20.2 Å². The highest BCUT2D eigenvalue weighted by Crippen LogP contribution is 2.26. The monoisotopic (exact) mass is 406 g/mol. The number of pyridine rings is 2. The lowest BCUT2D eigenvalue weighted by molar-refractivity contribution is 0.0600. The van der Waals surface area contributed by atoms with Crippen molar-refractivity contribution in [2.24, 2.45) is 0 Å². The number of hydrogen-bond acceptors (Lipinski definition) is 5. The van der Waals surface area contributed by atoms with E-state index in [1.165, 1.54) is 62.5 Å². The van der Waals surface area contributed by atoms with Crippen LogP contribution in [0.25, 0.3) is 22.3 Å². The van der Waals surface area contributed by atoms with Crippen LogP contribution in [-0.4, -0.2) is 45.6 Å². The standard InChI is InChI=1S/C24H30N4O2/c1-3-4-12-28-20(17-27-10-6-5-7-11-27)13-19-15-22(26-16-23(19)28)21-14-18(8-9-25-21)24(29)30-2/h8-9,13-16H,3-7,10-12,17H2,1-2H3. The smallest absolute Gasteiger partial charge is 0.337 e. The number of unbranched alkanes of at least 4 members (excludes halogenated alkanes) is 1. The Hall–Kier alpha value is -2.73. The summed E-state index contributed by atoms with van der Waals surface area (Å²) in [5.41, 5.74) is 4.46. The molecule has 0 atom stereocenters. The van der Waals surface area contributed by atoms with Crippen LogP contribution >= 0.6 is 0 Å². The van der Waals surface area contributed by atoms with E-state index >= 15 is 0 Å². The summed E-state index contributed by atoms with van der Waals surface area (Å²) < 4.78 is 7.26. The van der Waals surface area contributed by atoms with Gasteiger partial charge >= 0.3 is 5.97 Å². The van der Waals surface area contributed by atoms with Crippen LogP contribution in [0.15, 0.2) is 36.7 Å². The number of methoxy groups -OCH3 is 1. The fraction of sp³-hybridized carbons (Fsp3) is 0.458. The molecule has 0 saturated carbocycles. The van der Waals surface area contributed by atoms with Gasteiger partial charge < -0.3 is 9.30 Å². The molecule has 0 bridgehead atoms. The van der Waals surface area contributed by atoms with Gasteiger partial charge in [-0.3, -0.25) is 14.9 Å². The lowest BCUT2D eigenvalue weighted by Gasteiger charge is -2.27. The van der Waals surface area contributed by atoms with Gasteiger partial charge in [0, 0.05) is 30.4 Å². The van der Waals surface area contributed by atoms with E-state index in [2.05, 4.69) is 38.5 Å². The quantitative estimate of drug-likeness (QED) is 0.534. The van der Waals surface area contributed by atoms with Gasteiger partial charge in [0.15, 0.2) is 0 Å². The number of nitrogens with zero attached hydrogens (tertiary/aromatic N) is 4. The number of carbonyl (C=O) groups excluding carboxylic acids is 1. The second-order valence-corrected chi connectivity index (χ2v) is 8.03. The Balaban J connectivity index is 1.69. The number of aromatic nitrogens is 3. The molecule has 4 heterocycles. The Morgan fingerprint density at radius 1 is 1.10 bits per heavy atom. The first-order valence-corrected chi connectivity index (χ1v) is 10.9. The van der Waals surface area contributed by atoms with Crippen LogP contribution in [0, 0.1) is 0 Å². The lowest BCUT2D eigenvalue weighted by Crippen LogP contribution is -2.30. The Morgan fingerprint density at radius 2 is 1.90 bits per heavy atom. The summed E-state index contributed by atoms with van der Waals surface area (Å²) in [6.07, 6.45) is 9.83. The van der Waals surface area contributed by atoms with Gasteiger partial charge in [-0.2, -0.15) is 0 Å². The van der Waals surface area contributed by atoms with Crippen LogP contribution in [0.2, 0.25) is 0 Å². The van der Waals surface area contributed by atoms with Crippen LogP contribution in [-0.2, 0) is 17.8 Å². The third-order valence-electron chi connectivity index (χ3n) is 5.89. The van der Waals surface area contributed by atoms with E-state index in [4.69, 9.17) is 4.74 Å². The first-order chi connectivity index (χ1) is 14.7. The molecule has 1 aliphatic heterocycles. The Bertz CT molecular complexity index is 1020. The first-order valence-electron chi connectivity index (χ1n) is 10.9. The van der Waals surface area contributed by atoms with Gasteiger partial charge in [-0.15, -0.1) is 0 Å². The molecule has 0 aliphatic carbocycles. The van der Waals surface area contributed by atoms with Crippen LogP contribution < -0.4 is 0 Å². The zero-order valence-corrected chi connectivity index (χ0v) is 17.9. The van der Waals surface area contributed by atoms with E-state index in [0.29, 0.717) is 11.3 Å². The molecule has 1 aliphatic rings. The van der Waals surface area contributed by atoms with E-state index in [9.17, 15) is 4.79 Å². The SMILES string of the molecule is CCCCn1c(CN2CCCCC2)cc2cc(-c3cc(C(=O)OC)ccn3)ncc21. The van der Waals surface area contributed by atoms with Crippen molar-refractivity contribution in [1.82, 2.24) is 19.4 Å². The molecular weight excluding hydrogens is 376 g/mol. The molecule has 4 rings (SSSR count). The van der Waals surface area contributed by atoms with Gasteiger partial charge in [-0.05, 0) is 56.6 Å². The van der Waals surface area contributed by atoms with Crippen molar-refractivity contribution < 1.29 is 9.53 Å². The highest BCUT2D eigenvalue weighted by Gasteiger charge is 2.16. The summed E-state index contributed by atoms with van der Waals surface area (Å²) in [4.78, 5) is 23.5. The normalized spacial score (nSPS) is 14.9. The first kappa shape index (κ1) is 20.5. The zero-order valence-electron chi connectivity index (χ0n) is 17.9. The fourth-order valence-electron chi connectivity index (χ4n) is 4.23. The topological polar surface area (TPSA) is 60.2 Å². The second-order valence-electron chi connectivity index (χ2n) is 8.03. The van der Waals surface area contributed by atoms with Gasteiger partial charge in [0.25, 0.3) is 0 Å². The molecule has 0 spiro atoms. The van der Waals surface area contributed by atoms with Crippen LogP contribution in [0.3, 0.4) is 0 Å². The van der Waals surface area contributed by atoms with Crippen molar-refractivity contribution in [2.45, 2.75) is 52.1 Å². The summed E-state index contributed by atoms with van der Waals surface area (Å²) in [6, 6.07) is 7.78. The number of esters is 1. The summed E-state index contributed by atoms with van der Waals surface area (Å²) in [7, 11) is 1.38. The summed E-state index contributed by atoms with van der Waals surface area (Å²) in [5.74, 6) is -0.366. The van der Waals surface area contributed by atoms with Gasteiger partial charge in [-0.1, -0.05) is 19.8 Å². The molecule has 1 fully saturated rings. The number of aryl methyl sites for hydroxylation is 1. The summed E-state index contributed by atoms with van der Waals surface area (Å²) in [5, 5.41) is 1.17. The average molecular weight is 407 g/mol. The highest BCUT2D eigenvalue weighted by molar-refractivity contribution is 5.91. The zero-order chi connectivity index (χ0) is 20.9. The van der Waals surface area contributed by atoms with Crippen LogP contribution in [0.5, 0.6) is 0 Å². The Labute approximate surface area is 177 Å². The molecule has 1 saturated heterocycles. The maximum Gasteiger partial charge on any atom is 0.337 e. The molecule has 0 aromatic carbocycles. The molecule has 30 heavy (non-hydrogen) atoms. The Kier molecular flexibility index (Phi) is 6.43. The third kappa shape index (κ3) is 4.38. The van der Waals surface area contributed by atoms with E-state index in [1.54, 1.807) is 18.3 Å².